The number of rotatable bonds is 4. The molecule has 1 N–H and O–H groups in total. The summed E-state index contributed by atoms with van der Waals surface area (Å²) in [4.78, 5) is 12.8. The normalized spacial score (nSPS) is 15.9. The van der Waals surface area contributed by atoms with Gasteiger partial charge in [0.15, 0.2) is 0 Å². The largest absolute Gasteiger partial charge is 0.387 e. The lowest BCUT2D eigenvalue weighted by Gasteiger charge is -2.30. The maximum Gasteiger partial charge on any atom is 0.272 e. The van der Waals surface area contributed by atoms with E-state index in [0.717, 1.165) is 11.1 Å². The summed E-state index contributed by atoms with van der Waals surface area (Å²) in [7, 11) is 0. The number of nitro groups is 1. The number of benzene rings is 2. The van der Waals surface area contributed by atoms with Crippen LogP contribution < -0.4 is 0 Å². The number of β-amino-alcohol motifs (C(OH)–C–C–N with tert-alkyl or cyclic N) is 1. The first-order valence-electron chi connectivity index (χ1n) is 7.45. The lowest BCUT2D eigenvalue weighted by atomic mass is 9.97. The van der Waals surface area contributed by atoms with E-state index in [4.69, 9.17) is 0 Å². The number of nitro benzene ring substituents is 1. The van der Waals surface area contributed by atoms with Crippen LogP contribution in [0, 0.1) is 15.9 Å². The molecule has 0 saturated carbocycles. The quantitative estimate of drug-likeness (QED) is 0.696. The van der Waals surface area contributed by atoms with E-state index in [1.54, 1.807) is 18.2 Å². The molecule has 0 fully saturated rings. The van der Waals surface area contributed by atoms with Crippen LogP contribution >= 0.6 is 0 Å². The van der Waals surface area contributed by atoms with Gasteiger partial charge in [0.1, 0.15) is 5.82 Å². The van der Waals surface area contributed by atoms with E-state index < -0.39 is 6.10 Å². The molecule has 2 aromatic rings. The van der Waals surface area contributed by atoms with E-state index >= 15 is 0 Å². The molecule has 0 bridgehead atoms. The number of aliphatic hydroxyl groups excluding tert-OH is 1. The molecule has 1 atom stereocenters. The van der Waals surface area contributed by atoms with Crippen LogP contribution in [0.1, 0.15) is 22.8 Å². The average Bonchev–Trinajstić information content (AvgIpc) is 2.54. The molecular formula is C17H17FN2O3. The highest BCUT2D eigenvalue weighted by molar-refractivity contribution is 5.46. The van der Waals surface area contributed by atoms with Crippen LogP contribution in [0.25, 0.3) is 0 Å². The highest BCUT2D eigenvalue weighted by Gasteiger charge is 2.25. The van der Waals surface area contributed by atoms with Gasteiger partial charge in [-0.3, -0.25) is 15.0 Å². The molecule has 120 valence electrons. The zero-order valence-electron chi connectivity index (χ0n) is 12.5. The van der Waals surface area contributed by atoms with Crippen molar-refractivity contribution >= 4 is 5.69 Å². The summed E-state index contributed by atoms with van der Waals surface area (Å²) in [5, 5.41) is 21.3. The second kappa shape index (κ2) is 6.44. The molecule has 1 heterocycles. The van der Waals surface area contributed by atoms with Gasteiger partial charge >= 0.3 is 0 Å². The van der Waals surface area contributed by atoms with Crippen LogP contribution in [0.5, 0.6) is 0 Å². The molecule has 0 amide bonds. The molecule has 2 aromatic carbocycles. The number of nitrogens with zero attached hydrogens (tertiary/aromatic N) is 2. The average molecular weight is 316 g/mol. The summed E-state index contributed by atoms with van der Waals surface area (Å²) in [5.74, 6) is -0.333. The van der Waals surface area contributed by atoms with Crippen LogP contribution in [0.15, 0.2) is 42.5 Å². The van der Waals surface area contributed by atoms with Gasteiger partial charge in [-0.15, -0.1) is 0 Å². The van der Waals surface area contributed by atoms with Crippen molar-refractivity contribution in [1.29, 1.82) is 0 Å². The second-order valence-corrected chi connectivity index (χ2v) is 5.72. The van der Waals surface area contributed by atoms with E-state index in [1.165, 1.54) is 18.2 Å². The Labute approximate surface area is 133 Å². The predicted octanol–water partition coefficient (Wildman–Crippen LogP) is 2.83. The molecular weight excluding hydrogens is 299 g/mol. The van der Waals surface area contributed by atoms with Crippen molar-refractivity contribution < 1.29 is 14.4 Å². The summed E-state index contributed by atoms with van der Waals surface area (Å²) >= 11 is 0. The fourth-order valence-corrected chi connectivity index (χ4v) is 3.01. The molecule has 0 radical (unpaired) electrons. The molecule has 5 nitrogen and oxygen atoms in total. The van der Waals surface area contributed by atoms with Gasteiger partial charge in [0.25, 0.3) is 5.69 Å². The third-order valence-electron chi connectivity index (χ3n) is 4.20. The van der Waals surface area contributed by atoms with Gasteiger partial charge in [-0.1, -0.05) is 24.3 Å². The standard InChI is InChI=1S/C17H17FN2O3/c18-14-6-4-12(5-7-14)17(21)11-19-9-8-15-13(10-19)2-1-3-16(15)20(22)23/h1-7,17,21H,8-11H2. The minimum Gasteiger partial charge on any atom is -0.387 e. The van der Waals surface area contributed by atoms with Gasteiger partial charge < -0.3 is 5.11 Å². The molecule has 1 aliphatic heterocycles. The fourth-order valence-electron chi connectivity index (χ4n) is 3.01. The van der Waals surface area contributed by atoms with Gasteiger partial charge in [-0.25, -0.2) is 4.39 Å². The minimum absolute atomic E-state index is 0.168. The van der Waals surface area contributed by atoms with Crippen molar-refractivity contribution in [3.63, 3.8) is 0 Å². The first-order chi connectivity index (χ1) is 11.0. The highest BCUT2D eigenvalue weighted by atomic mass is 19.1. The van der Waals surface area contributed by atoms with Crippen LogP contribution in [0.3, 0.4) is 0 Å². The van der Waals surface area contributed by atoms with Crippen molar-refractivity contribution in [3.8, 4) is 0 Å². The highest BCUT2D eigenvalue weighted by Crippen LogP contribution is 2.28. The van der Waals surface area contributed by atoms with Crippen molar-refractivity contribution in [2.75, 3.05) is 13.1 Å². The lowest BCUT2D eigenvalue weighted by molar-refractivity contribution is -0.385. The SMILES string of the molecule is O=[N+]([O-])c1cccc2c1CCN(CC(O)c1ccc(F)cc1)C2. The molecule has 0 aliphatic carbocycles. The topological polar surface area (TPSA) is 66.6 Å². The Hall–Kier alpha value is -2.31. The minimum atomic E-state index is -0.712. The smallest absolute Gasteiger partial charge is 0.272 e. The van der Waals surface area contributed by atoms with Crippen LogP contribution in [0.2, 0.25) is 0 Å². The van der Waals surface area contributed by atoms with Crippen molar-refractivity contribution in [2.45, 2.75) is 19.1 Å². The monoisotopic (exact) mass is 316 g/mol. The van der Waals surface area contributed by atoms with Gasteiger partial charge in [-0.2, -0.15) is 0 Å². The maximum atomic E-state index is 12.9. The Kier molecular flexibility index (Phi) is 4.36. The number of halogens is 1. The van der Waals surface area contributed by atoms with E-state index in [9.17, 15) is 19.6 Å². The Bertz CT molecular complexity index is 718. The number of hydrogen-bond donors (Lipinski definition) is 1. The Balaban J connectivity index is 1.71. The van der Waals surface area contributed by atoms with Crippen LogP contribution in [-0.2, 0) is 13.0 Å². The fraction of sp³-hybridized carbons (Fsp3) is 0.294. The summed E-state index contributed by atoms with van der Waals surface area (Å²) in [5.41, 5.74) is 2.54. The van der Waals surface area contributed by atoms with Crippen molar-refractivity contribution in [3.05, 3.63) is 75.1 Å². The zero-order valence-corrected chi connectivity index (χ0v) is 12.5. The molecule has 0 aromatic heterocycles. The Morgan fingerprint density at radius 3 is 2.70 bits per heavy atom. The molecule has 0 saturated heterocycles. The third-order valence-corrected chi connectivity index (χ3v) is 4.20. The molecule has 1 aliphatic rings. The Morgan fingerprint density at radius 2 is 2.00 bits per heavy atom. The maximum absolute atomic E-state index is 12.9. The number of fused-ring (bicyclic) bond motifs is 1. The van der Waals surface area contributed by atoms with E-state index in [2.05, 4.69) is 4.90 Å². The third kappa shape index (κ3) is 3.38. The molecule has 0 spiro atoms. The Morgan fingerprint density at radius 1 is 1.26 bits per heavy atom. The summed E-state index contributed by atoms with van der Waals surface area (Å²) in [6.45, 7) is 1.62. The number of hydrogen-bond acceptors (Lipinski definition) is 4. The molecule has 6 heteroatoms. The molecule has 23 heavy (non-hydrogen) atoms. The van der Waals surface area contributed by atoms with Crippen molar-refractivity contribution in [2.24, 2.45) is 0 Å². The van der Waals surface area contributed by atoms with Crippen LogP contribution in [-0.4, -0.2) is 28.0 Å². The van der Waals surface area contributed by atoms with Gasteiger partial charge in [0.2, 0.25) is 0 Å². The second-order valence-electron chi connectivity index (χ2n) is 5.72. The van der Waals surface area contributed by atoms with Gasteiger partial charge in [0.05, 0.1) is 11.0 Å². The van der Waals surface area contributed by atoms with Crippen molar-refractivity contribution in [1.82, 2.24) is 4.90 Å². The first kappa shape index (κ1) is 15.6. The lowest BCUT2D eigenvalue weighted by Crippen LogP contribution is -2.34. The summed E-state index contributed by atoms with van der Waals surface area (Å²) in [6.07, 6.45) is -0.126. The van der Waals surface area contributed by atoms with Gasteiger partial charge in [-0.05, 0) is 29.7 Å². The number of aliphatic hydroxyl groups is 1. The van der Waals surface area contributed by atoms with E-state index in [0.29, 0.717) is 31.6 Å². The summed E-state index contributed by atoms with van der Waals surface area (Å²) < 4.78 is 12.9. The zero-order chi connectivity index (χ0) is 16.4. The first-order valence-corrected chi connectivity index (χ1v) is 7.45. The van der Waals surface area contributed by atoms with E-state index in [-0.39, 0.29) is 16.4 Å². The predicted molar refractivity (Wildman–Crippen MR) is 83.4 cm³/mol. The summed E-state index contributed by atoms with van der Waals surface area (Å²) in [6, 6.07) is 10.9. The van der Waals surface area contributed by atoms with E-state index in [1.807, 2.05) is 6.07 Å². The molecule has 1 unspecified atom stereocenters. The van der Waals surface area contributed by atoms with Crippen LogP contribution in [0.4, 0.5) is 10.1 Å². The molecule has 3 rings (SSSR count). The van der Waals surface area contributed by atoms with Gasteiger partial charge in [0, 0.05) is 31.3 Å².